The molecule has 4 rings (SSSR count). The number of aromatic nitrogens is 3. The zero-order valence-corrected chi connectivity index (χ0v) is 19.2. The van der Waals surface area contributed by atoms with Crippen molar-refractivity contribution in [1.82, 2.24) is 24.6 Å². The largest absolute Gasteiger partial charge is 0.299 e. The van der Waals surface area contributed by atoms with Gasteiger partial charge in [-0.1, -0.05) is 43.3 Å². The first-order valence-electron chi connectivity index (χ1n) is 11.6. The van der Waals surface area contributed by atoms with Gasteiger partial charge in [0.05, 0.1) is 12.2 Å². The molecule has 31 heavy (non-hydrogen) atoms. The number of hydrogen-bond donors (Lipinski definition) is 0. The first-order valence-corrected chi connectivity index (χ1v) is 11.6. The van der Waals surface area contributed by atoms with Gasteiger partial charge in [-0.2, -0.15) is 5.10 Å². The molecular formula is C26H35N5. The van der Waals surface area contributed by atoms with Crippen molar-refractivity contribution in [3.8, 4) is 0 Å². The minimum absolute atomic E-state index is 0.640. The second-order valence-electron chi connectivity index (χ2n) is 8.75. The smallest absolute Gasteiger partial charge is 0.0662 e. The molecule has 5 heteroatoms. The van der Waals surface area contributed by atoms with E-state index in [0.717, 1.165) is 38.4 Å². The van der Waals surface area contributed by atoms with E-state index < -0.39 is 0 Å². The third-order valence-electron chi connectivity index (χ3n) is 6.59. The Morgan fingerprint density at radius 1 is 1.03 bits per heavy atom. The lowest BCUT2D eigenvalue weighted by Gasteiger charge is -2.30. The van der Waals surface area contributed by atoms with Crippen LogP contribution in [0.4, 0.5) is 0 Å². The molecular weight excluding hydrogens is 382 g/mol. The van der Waals surface area contributed by atoms with Gasteiger partial charge in [0.1, 0.15) is 0 Å². The van der Waals surface area contributed by atoms with Crippen LogP contribution in [0.25, 0.3) is 0 Å². The van der Waals surface area contributed by atoms with Crippen molar-refractivity contribution < 1.29 is 0 Å². The summed E-state index contributed by atoms with van der Waals surface area (Å²) in [5, 5.41) is 4.90. The van der Waals surface area contributed by atoms with Crippen LogP contribution in [0, 0.1) is 13.8 Å². The number of hydrogen-bond acceptors (Lipinski definition) is 4. The molecule has 1 fully saturated rings. The molecule has 1 aromatic carbocycles. The molecule has 0 amide bonds. The van der Waals surface area contributed by atoms with Crippen LogP contribution in [0.1, 0.15) is 47.8 Å². The van der Waals surface area contributed by atoms with Gasteiger partial charge in [-0.05, 0) is 57.0 Å². The van der Waals surface area contributed by atoms with Crippen molar-refractivity contribution in [2.24, 2.45) is 0 Å². The topological polar surface area (TPSA) is 37.2 Å². The minimum atomic E-state index is 0.640. The van der Waals surface area contributed by atoms with E-state index in [9.17, 15) is 0 Å². The van der Waals surface area contributed by atoms with Gasteiger partial charge in [0.2, 0.25) is 0 Å². The Morgan fingerprint density at radius 2 is 1.84 bits per heavy atom. The van der Waals surface area contributed by atoms with E-state index in [1.54, 1.807) is 0 Å². The molecule has 1 unspecified atom stereocenters. The van der Waals surface area contributed by atoms with Gasteiger partial charge in [-0.25, -0.2) is 0 Å². The number of benzene rings is 1. The molecule has 0 radical (unpaired) electrons. The summed E-state index contributed by atoms with van der Waals surface area (Å²) in [4.78, 5) is 9.57. The quantitative estimate of drug-likeness (QED) is 0.516. The van der Waals surface area contributed by atoms with Crippen LogP contribution in [-0.2, 0) is 19.6 Å². The fraction of sp³-hybridized carbons (Fsp3) is 0.462. The zero-order valence-electron chi connectivity index (χ0n) is 19.2. The highest BCUT2D eigenvalue weighted by atomic mass is 15.3. The average Bonchev–Trinajstić information content (AvgIpc) is 3.34. The summed E-state index contributed by atoms with van der Waals surface area (Å²) in [6.07, 6.45) is 6.46. The van der Waals surface area contributed by atoms with Crippen LogP contribution in [-0.4, -0.2) is 50.2 Å². The molecule has 1 saturated heterocycles. The molecule has 2 aromatic heterocycles. The van der Waals surface area contributed by atoms with Gasteiger partial charge in [-0.15, -0.1) is 0 Å². The molecule has 1 aliphatic rings. The fourth-order valence-electron chi connectivity index (χ4n) is 4.85. The third kappa shape index (κ3) is 5.41. The van der Waals surface area contributed by atoms with E-state index in [4.69, 9.17) is 5.10 Å². The number of likely N-dealkylation sites (tertiary alicyclic amines) is 1. The van der Waals surface area contributed by atoms with Crippen molar-refractivity contribution in [3.05, 3.63) is 82.9 Å². The Bertz CT molecular complexity index is 951. The number of rotatable bonds is 9. The standard InChI is InChI=1S/C26H35N5/c1-4-30-15-9-13-25(30)19-29(17-24-12-8-14-27-16-24)20-26-21(2)28-31(22(26)3)18-23-10-6-5-7-11-23/h5-8,10-12,14,16,25H,4,9,13,15,17-20H2,1-3H3. The van der Waals surface area contributed by atoms with E-state index in [0.29, 0.717) is 6.04 Å². The molecule has 1 atom stereocenters. The first kappa shape index (κ1) is 21.7. The Kier molecular flexibility index (Phi) is 7.15. The monoisotopic (exact) mass is 417 g/mol. The number of likely N-dealkylation sites (N-methyl/N-ethyl adjacent to an activating group) is 1. The zero-order chi connectivity index (χ0) is 21.6. The van der Waals surface area contributed by atoms with Gasteiger partial charge < -0.3 is 0 Å². The van der Waals surface area contributed by atoms with E-state index in [2.05, 4.69) is 76.6 Å². The van der Waals surface area contributed by atoms with Crippen molar-refractivity contribution in [3.63, 3.8) is 0 Å². The summed E-state index contributed by atoms with van der Waals surface area (Å²) in [6, 6.07) is 15.5. The first-order chi connectivity index (χ1) is 15.1. The van der Waals surface area contributed by atoms with Gasteiger partial charge >= 0.3 is 0 Å². The highest BCUT2D eigenvalue weighted by Crippen LogP contribution is 2.22. The predicted octanol–water partition coefficient (Wildman–Crippen LogP) is 4.43. The second-order valence-corrected chi connectivity index (χ2v) is 8.75. The Balaban J connectivity index is 1.54. The molecule has 0 saturated carbocycles. The average molecular weight is 418 g/mol. The second kappa shape index (κ2) is 10.2. The van der Waals surface area contributed by atoms with Crippen molar-refractivity contribution >= 4 is 0 Å². The van der Waals surface area contributed by atoms with E-state index >= 15 is 0 Å². The number of aryl methyl sites for hydroxylation is 1. The van der Waals surface area contributed by atoms with Crippen molar-refractivity contribution in [1.29, 1.82) is 0 Å². The summed E-state index contributed by atoms with van der Waals surface area (Å²) in [6.45, 7) is 12.8. The molecule has 0 aliphatic carbocycles. The Labute approximate surface area is 186 Å². The maximum Gasteiger partial charge on any atom is 0.0662 e. The molecule has 3 aromatic rings. The van der Waals surface area contributed by atoms with Gasteiger partial charge in [0, 0.05) is 49.3 Å². The maximum atomic E-state index is 4.90. The lowest BCUT2D eigenvalue weighted by molar-refractivity contribution is 0.165. The summed E-state index contributed by atoms with van der Waals surface area (Å²) in [5.41, 5.74) is 6.34. The molecule has 3 heterocycles. The van der Waals surface area contributed by atoms with Gasteiger partial charge in [0.15, 0.2) is 0 Å². The van der Waals surface area contributed by atoms with E-state index in [1.807, 2.05) is 18.5 Å². The van der Waals surface area contributed by atoms with E-state index in [-0.39, 0.29) is 0 Å². The summed E-state index contributed by atoms with van der Waals surface area (Å²) >= 11 is 0. The molecule has 0 spiro atoms. The minimum Gasteiger partial charge on any atom is -0.299 e. The van der Waals surface area contributed by atoms with E-state index in [1.165, 1.54) is 41.8 Å². The van der Waals surface area contributed by atoms with Gasteiger partial charge in [-0.3, -0.25) is 19.5 Å². The highest BCUT2D eigenvalue weighted by molar-refractivity contribution is 5.26. The summed E-state index contributed by atoms with van der Waals surface area (Å²) in [7, 11) is 0. The summed E-state index contributed by atoms with van der Waals surface area (Å²) < 4.78 is 2.16. The molecule has 0 bridgehead atoms. The highest BCUT2D eigenvalue weighted by Gasteiger charge is 2.26. The van der Waals surface area contributed by atoms with Gasteiger partial charge in [0.25, 0.3) is 0 Å². The predicted molar refractivity (Wildman–Crippen MR) is 126 cm³/mol. The number of pyridine rings is 1. The fourth-order valence-corrected chi connectivity index (χ4v) is 4.85. The van der Waals surface area contributed by atoms with Crippen molar-refractivity contribution in [2.75, 3.05) is 19.6 Å². The molecule has 164 valence electrons. The Morgan fingerprint density at radius 3 is 2.58 bits per heavy atom. The molecule has 0 N–H and O–H groups in total. The normalized spacial score (nSPS) is 17.0. The molecule has 5 nitrogen and oxygen atoms in total. The van der Waals surface area contributed by atoms with Crippen LogP contribution in [0.5, 0.6) is 0 Å². The van der Waals surface area contributed by atoms with Crippen LogP contribution in [0.2, 0.25) is 0 Å². The lowest BCUT2D eigenvalue weighted by atomic mass is 10.1. The molecule has 1 aliphatic heterocycles. The van der Waals surface area contributed by atoms with Crippen LogP contribution in [0.15, 0.2) is 54.9 Å². The maximum absolute atomic E-state index is 4.90. The lowest BCUT2D eigenvalue weighted by Crippen LogP contribution is -2.40. The van der Waals surface area contributed by atoms with Crippen molar-refractivity contribution in [2.45, 2.75) is 59.3 Å². The van der Waals surface area contributed by atoms with Crippen LogP contribution in [0.3, 0.4) is 0 Å². The number of nitrogens with zero attached hydrogens (tertiary/aromatic N) is 5. The Hall–Kier alpha value is -2.50. The van der Waals surface area contributed by atoms with Crippen LogP contribution >= 0.6 is 0 Å². The third-order valence-corrected chi connectivity index (χ3v) is 6.59. The SMILES string of the molecule is CCN1CCCC1CN(Cc1cccnc1)Cc1c(C)nn(Cc2ccccc2)c1C. The summed E-state index contributed by atoms with van der Waals surface area (Å²) in [5.74, 6) is 0. The van der Waals surface area contributed by atoms with Crippen LogP contribution < -0.4 is 0 Å².